The Morgan fingerprint density at radius 3 is 2.85 bits per heavy atom. The number of hydrogen-bond acceptors (Lipinski definition) is 4. The third-order valence-corrected chi connectivity index (χ3v) is 2.56. The predicted molar refractivity (Wildman–Crippen MR) is 54.2 cm³/mol. The first-order valence-electron chi connectivity index (χ1n) is 3.90. The molecule has 0 aliphatic heterocycles. The van der Waals surface area contributed by atoms with Gasteiger partial charge in [-0.2, -0.15) is 0 Å². The Morgan fingerprint density at radius 1 is 1.62 bits per heavy atom. The van der Waals surface area contributed by atoms with Gasteiger partial charge in [0.25, 0.3) is 0 Å². The van der Waals surface area contributed by atoms with Crippen LogP contribution in [0.5, 0.6) is 0 Å². The highest BCUT2D eigenvalue weighted by Gasteiger charge is 2.05. The summed E-state index contributed by atoms with van der Waals surface area (Å²) >= 11 is 7.24. The number of halogens is 1. The van der Waals surface area contributed by atoms with Crippen LogP contribution in [0, 0.1) is 6.92 Å². The molecule has 1 N–H and O–H groups in total. The normalized spacial score (nSPS) is 12.9. The molecule has 0 aromatic carbocycles. The first-order valence-corrected chi connectivity index (χ1v) is 5.16. The minimum Gasteiger partial charge on any atom is -0.395 e. The van der Waals surface area contributed by atoms with Crippen LogP contribution in [0.15, 0.2) is 11.1 Å². The second-order valence-electron chi connectivity index (χ2n) is 2.69. The number of aliphatic hydroxyl groups excluding tert-OH is 1. The molecule has 1 heterocycles. The van der Waals surface area contributed by atoms with E-state index in [1.54, 1.807) is 13.0 Å². The Morgan fingerprint density at radius 2 is 2.31 bits per heavy atom. The van der Waals surface area contributed by atoms with Gasteiger partial charge in [-0.15, -0.1) is 11.8 Å². The van der Waals surface area contributed by atoms with E-state index >= 15 is 0 Å². The van der Waals surface area contributed by atoms with Crippen LogP contribution in [-0.4, -0.2) is 26.9 Å². The standard InChI is InChI=1S/C8H11ClN2OS/c1-5(4-12)13-8-3-7(9)10-6(2)11-8/h3,5,12H,4H2,1-2H3. The van der Waals surface area contributed by atoms with Crippen molar-refractivity contribution < 1.29 is 5.11 Å². The summed E-state index contributed by atoms with van der Waals surface area (Å²) in [5.74, 6) is 0.653. The predicted octanol–water partition coefficient (Wildman–Crippen LogP) is 1.91. The maximum Gasteiger partial charge on any atom is 0.133 e. The summed E-state index contributed by atoms with van der Waals surface area (Å²) in [5, 5.41) is 10.2. The van der Waals surface area contributed by atoms with Crippen molar-refractivity contribution in [3.05, 3.63) is 17.0 Å². The highest BCUT2D eigenvalue weighted by atomic mass is 35.5. The highest BCUT2D eigenvalue weighted by molar-refractivity contribution is 7.99. The number of hydrogen-bond donors (Lipinski definition) is 1. The summed E-state index contributed by atoms with van der Waals surface area (Å²) in [6, 6.07) is 1.70. The molecule has 1 atom stereocenters. The molecule has 5 heteroatoms. The lowest BCUT2D eigenvalue weighted by atomic mass is 10.5. The average Bonchev–Trinajstić information content (AvgIpc) is 2.02. The lowest BCUT2D eigenvalue weighted by molar-refractivity contribution is 0.300. The van der Waals surface area contributed by atoms with E-state index in [0.717, 1.165) is 5.03 Å². The van der Waals surface area contributed by atoms with Crippen LogP contribution in [0.1, 0.15) is 12.7 Å². The maximum atomic E-state index is 8.84. The van der Waals surface area contributed by atoms with Gasteiger partial charge in [0.1, 0.15) is 16.0 Å². The van der Waals surface area contributed by atoms with Crippen molar-refractivity contribution in [3.8, 4) is 0 Å². The van der Waals surface area contributed by atoms with E-state index in [0.29, 0.717) is 11.0 Å². The molecule has 0 aliphatic rings. The minimum absolute atomic E-state index is 0.130. The van der Waals surface area contributed by atoms with Crippen molar-refractivity contribution in [1.82, 2.24) is 9.97 Å². The van der Waals surface area contributed by atoms with Crippen LogP contribution in [0.3, 0.4) is 0 Å². The SMILES string of the molecule is Cc1nc(Cl)cc(SC(C)CO)n1. The zero-order valence-corrected chi connectivity index (χ0v) is 9.06. The minimum atomic E-state index is 0.130. The van der Waals surface area contributed by atoms with Crippen molar-refractivity contribution >= 4 is 23.4 Å². The molecule has 72 valence electrons. The number of aromatic nitrogens is 2. The Balaban J connectivity index is 2.77. The molecule has 0 radical (unpaired) electrons. The fourth-order valence-corrected chi connectivity index (χ4v) is 1.95. The molecule has 0 bridgehead atoms. The molecule has 0 amide bonds. The van der Waals surface area contributed by atoms with E-state index in [1.807, 2.05) is 6.92 Å². The molecular formula is C8H11ClN2OS. The van der Waals surface area contributed by atoms with Crippen LogP contribution in [0.25, 0.3) is 0 Å². The Hall–Kier alpha value is -0.320. The van der Waals surface area contributed by atoms with Crippen molar-refractivity contribution in [3.63, 3.8) is 0 Å². The zero-order chi connectivity index (χ0) is 9.84. The van der Waals surface area contributed by atoms with Gasteiger partial charge in [-0.3, -0.25) is 0 Å². The molecule has 0 spiro atoms. The molecule has 0 saturated carbocycles. The summed E-state index contributed by atoms with van der Waals surface area (Å²) in [6.45, 7) is 3.85. The number of nitrogens with zero attached hydrogens (tertiary/aromatic N) is 2. The van der Waals surface area contributed by atoms with Crippen molar-refractivity contribution in [2.45, 2.75) is 24.1 Å². The molecule has 0 saturated heterocycles. The monoisotopic (exact) mass is 218 g/mol. The van der Waals surface area contributed by atoms with E-state index in [-0.39, 0.29) is 11.9 Å². The molecular weight excluding hydrogens is 208 g/mol. The van der Waals surface area contributed by atoms with Crippen molar-refractivity contribution in [2.24, 2.45) is 0 Å². The third kappa shape index (κ3) is 3.50. The van der Waals surface area contributed by atoms with Gasteiger partial charge < -0.3 is 5.11 Å². The molecule has 1 rings (SSSR count). The number of aliphatic hydroxyl groups is 1. The number of thioether (sulfide) groups is 1. The summed E-state index contributed by atoms with van der Waals surface area (Å²) < 4.78 is 0. The van der Waals surface area contributed by atoms with Crippen LogP contribution in [0.2, 0.25) is 5.15 Å². The van der Waals surface area contributed by atoms with Crippen LogP contribution < -0.4 is 0 Å². The van der Waals surface area contributed by atoms with Crippen LogP contribution in [0.4, 0.5) is 0 Å². The van der Waals surface area contributed by atoms with Gasteiger partial charge in [-0.25, -0.2) is 9.97 Å². The highest BCUT2D eigenvalue weighted by Crippen LogP contribution is 2.22. The first-order chi connectivity index (χ1) is 6.11. The number of aryl methyl sites for hydroxylation is 1. The van der Waals surface area contributed by atoms with E-state index in [2.05, 4.69) is 9.97 Å². The summed E-state index contributed by atoms with van der Waals surface area (Å²) in [4.78, 5) is 8.12. The van der Waals surface area contributed by atoms with Gasteiger partial charge in [0.05, 0.1) is 6.61 Å². The van der Waals surface area contributed by atoms with Crippen molar-refractivity contribution in [2.75, 3.05) is 6.61 Å². The quantitative estimate of drug-likeness (QED) is 0.622. The molecule has 3 nitrogen and oxygen atoms in total. The Labute approximate surface area is 86.6 Å². The molecule has 1 aromatic heterocycles. The van der Waals surface area contributed by atoms with Gasteiger partial charge in [-0.05, 0) is 6.92 Å². The smallest absolute Gasteiger partial charge is 0.133 e. The van der Waals surface area contributed by atoms with Gasteiger partial charge in [0.15, 0.2) is 0 Å². The second-order valence-corrected chi connectivity index (χ2v) is 4.53. The number of rotatable bonds is 3. The van der Waals surface area contributed by atoms with Crippen molar-refractivity contribution in [1.29, 1.82) is 0 Å². The molecule has 1 aromatic rings. The Kier molecular flexibility index (Phi) is 3.96. The van der Waals surface area contributed by atoms with Gasteiger partial charge in [0.2, 0.25) is 0 Å². The lowest BCUT2D eigenvalue weighted by Crippen LogP contribution is -2.03. The second kappa shape index (κ2) is 4.79. The van der Waals surface area contributed by atoms with Gasteiger partial charge in [0, 0.05) is 11.3 Å². The molecule has 0 fully saturated rings. The summed E-state index contributed by atoms with van der Waals surface area (Å²) in [6.07, 6.45) is 0. The third-order valence-electron chi connectivity index (χ3n) is 1.36. The van der Waals surface area contributed by atoms with E-state index < -0.39 is 0 Å². The molecule has 1 unspecified atom stereocenters. The summed E-state index contributed by atoms with van der Waals surface area (Å²) in [5.41, 5.74) is 0. The van der Waals surface area contributed by atoms with E-state index in [1.165, 1.54) is 11.8 Å². The zero-order valence-electron chi connectivity index (χ0n) is 7.49. The van der Waals surface area contributed by atoms with Crippen LogP contribution >= 0.6 is 23.4 Å². The molecule has 0 aliphatic carbocycles. The van der Waals surface area contributed by atoms with Gasteiger partial charge in [-0.1, -0.05) is 18.5 Å². The first kappa shape index (κ1) is 10.8. The lowest BCUT2D eigenvalue weighted by Gasteiger charge is -2.06. The molecule has 13 heavy (non-hydrogen) atoms. The average molecular weight is 219 g/mol. The maximum absolute atomic E-state index is 8.84. The largest absolute Gasteiger partial charge is 0.395 e. The van der Waals surface area contributed by atoms with E-state index in [4.69, 9.17) is 16.7 Å². The van der Waals surface area contributed by atoms with Gasteiger partial charge >= 0.3 is 0 Å². The van der Waals surface area contributed by atoms with Crippen LogP contribution in [-0.2, 0) is 0 Å². The topological polar surface area (TPSA) is 46.0 Å². The Bertz CT molecular complexity index is 275. The summed E-state index contributed by atoms with van der Waals surface area (Å²) in [7, 11) is 0. The fourth-order valence-electron chi connectivity index (χ4n) is 0.809. The fraction of sp³-hybridized carbons (Fsp3) is 0.500. The van der Waals surface area contributed by atoms with E-state index in [9.17, 15) is 0 Å².